The van der Waals surface area contributed by atoms with E-state index in [0.717, 1.165) is 10.9 Å². The van der Waals surface area contributed by atoms with Crippen LogP contribution in [0.15, 0.2) is 72.8 Å². The molecule has 0 aliphatic carbocycles. The van der Waals surface area contributed by atoms with Crippen LogP contribution in [0, 0.1) is 5.82 Å². The lowest BCUT2D eigenvalue weighted by Crippen LogP contribution is -2.01. The number of carboxylic acids is 1. The number of hydrogen-bond donors (Lipinski definition) is 2. The average molecular weight is 361 g/mol. The minimum atomic E-state index is -0.956. The summed E-state index contributed by atoms with van der Waals surface area (Å²) in [5, 5.41) is 10.1. The van der Waals surface area contributed by atoms with Crippen molar-refractivity contribution in [2.24, 2.45) is 0 Å². The Morgan fingerprint density at radius 2 is 1.78 bits per heavy atom. The number of H-pyrrole nitrogens is 1. The number of rotatable bonds is 5. The average Bonchev–Trinajstić information content (AvgIpc) is 3.00. The lowest BCUT2D eigenvalue weighted by molar-refractivity contribution is -0.136. The van der Waals surface area contributed by atoms with Crippen molar-refractivity contribution in [3.05, 3.63) is 84.2 Å². The Morgan fingerprint density at radius 1 is 0.963 bits per heavy atom. The van der Waals surface area contributed by atoms with Gasteiger partial charge in [-0.15, -0.1) is 0 Å². The van der Waals surface area contributed by atoms with Crippen LogP contribution in [0.2, 0.25) is 0 Å². The van der Waals surface area contributed by atoms with Crippen LogP contribution in [-0.2, 0) is 11.2 Å². The Morgan fingerprint density at radius 3 is 2.52 bits per heavy atom. The van der Waals surface area contributed by atoms with Crippen LogP contribution in [0.4, 0.5) is 4.39 Å². The van der Waals surface area contributed by atoms with Gasteiger partial charge in [-0.05, 0) is 48.0 Å². The topological polar surface area (TPSA) is 62.3 Å². The van der Waals surface area contributed by atoms with Crippen molar-refractivity contribution in [3.8, 4) is 22.8 Å². The zero-order valence-electron chi connectivity index (χ0n) is 14.3. The predicted molar refractivity (Wildman–Crippen MR) is 102 cm³/mol. The van der Waals surface area contributed by atoms with Crippen LogP contribution < -0.4 is 4.74 Å². The fourth-order valence-corrected chi connectivity index (χ4v) is 3.14. The zero-order chi connectivity index (χ0) is 18.8. The number of benzene rings is 3. The number of para-hydroxylation sites is 1. The van der Waals surface area contributed by atoms with Crippen molar-refractivity contribution in [2.45, 2.75) is 6.42 Å². The molecule has 0 atom stereocenters. The molecule has 0 spiro atoms. The highest BCUT2D eigenvalue weighted by Crippen LogP contribution is 2.34. The number of aliphatic carboxylic acids is 1. The predicted octanol–water partition coefficient (Wildman–Crippen LogP) is 5.39. The molecule has 27 heavy (non-hydrogen) atoms. The van der Waals surface area contributed by atoms with Crippen molar-refractivity contribution in [2.75, 3.05) is 0 Å². The Bertz CT molecular complexity index is 1120. The summed E-state index contributed by atoms with van der Waals surface area (Å²) >= 11 is 0. The minimum Gasteiger partial charge on any atom is -0.481 e. The standard InChI is InChI=1S/C22H16FNO3/c23-15-6-4-5-14(11-15)22-19(13-21(25)26)18-12-17(9-10-20(18)24-22)27-16-7-2-1-3-8-16/h1-12,24H,13H2,(H,25,26). The van der Waals surface area contributed by atoms with Crippen LogP contribution in [0.25, 0.3) is 22.2 Å². The highest BCUT2D eigenvalue weighted by molar-refractivity contribution is 5.94. The van der Waals surface area contributed by atoms with Gasteiger partial charge >= 0.3 is 5.97 Å². The Hall–Kier alpha value is -3.60. The first-order valence-corrected chi connectivity index (χ1v) is 8.45. The number of fused-ring (bicyclic) bond motifs is 1. The first-order valence-electron chi connectivity index (χ1n) is 8.45. The molecule has 4 rings (SSSR count). The normalized spacial score (nSPS) is 10.9. The van der Waals surface area contributed by atoms with Crippen LogP contribution in [0.5, 0.6) is 11.5 Å². The van der Waals surface area contributed by atoms with Gasteiger partial charge in [-0.3, -0.25) is 4.79 Å². The van der Waals surface area contributed by atoms with Gasteiger partial charge in [-0.1, -0.05) is 30.3 Å². The van der Waals surface area contributed by atoms with Gasteiger partial charge in [0.1, 0.15) is 17.3 Å². The number of aromatic nitrogens is 1. The van der Waals surface area contributed by atoms with E-state index in [9.17, 15) is 14.3 Å². The molecule has 0 unspecified atom stereocenters. The van der Waals surface area contributed by atoms with Gasteiger partial charge in [-0.25, -0.2) is 4.39 Å². The number of carbonyl (C=O) groups is 1. The van der Waals surface area contributed by atoms with Crippen LogP contribution in [0.3, 0.4) is 0 Å². The van der Waals surface area contributed by atoms with Gasteiger partial charge < -0.3 is 14.8 Å². The van der Waals surface area contributed by atoms with Gasteiger partial charge in [-0.2, -0.15) is 0 Å². The molecule has 2 N–H and O–H groups in total. The van der Waals surface area contributed by atoms with E-state index in [0.29, 0.717) is 28.3 Å². The number of hydrogen-bond acceptors (Lipinski definition) is 2. The van der Waals surface area contributed by atoms with Gasteiger partial charge in [0.2, 0.25) is 0 Å². The van der Waals surface area contributed by atoms with Crippen LogP contribution in [-0.4, -0.2) is 16.1 Å². The maximum absolute atomic E-state index is 13.7. The molecule has 0 amide bonds. The SMILES string of the molecule is O=C(O)Cc1c(-c2cccc(F)c2)[nH]c2ccc(Oc3ccccc3)cc12. The van der Waals surface area contributed by atoms with Crippen molar-refractivity contribution in [3.63, 3.8) is 0 Å². The Labute approximate surface area is 154 Å². The molecular weight excluding hydrogens is 345 g/mol. The van der Waals surface area contributed by atoms with Crippen molar-refractivity contribution in [1.82, 2.24) is 4.98 Å². The summed E-state index contributed by atoms with van der Waals surface area (Å²) in [7, 11) is 0. The maximum Gasteiger partial charge on any atom is 0.307 e. The molecule has 1 heterocycles. The number of carboxylic acid groups (broad SMARTS) is 1. The molecule has 0 saturated heterocycles. The molecule has 3 aromatic carbocycles. The summed E-state index contributed by atoms with van der Waals surface area (Å²) < 4.78 is 19.5. The highest BCUT2D eigenvalue weighted by Gasteiger charge is 2.17. The number of halogens is 1. The first kappa shape index (κ1) is 16.8. The Kier molecular flexibility index (Phi) is 4.34. The third-order valence-electron chi connectivity index (χ3n) is 4.30. The lowest BCUT2D eigenvalue weighted by Gasteiger charge is -2.06. The second kappa shape index (κ2) is 6.96. The maximum atomic E-state index is 13.7. The number of aromatic amines is 1. The molecule has 134 valence electrons. The zero-order valence-corrected chi connectivity index (χ0v) is 14.3. The van der Waals surface area contributed by atoms with Gasteiger partial charge in [0.25, 0.3) is 0 Å². The smallest absolute Gasteiger partial charge is 0.307 e. The van der Waals surface area contributed by atoms with Crippen molar-refractivity contribution in [1.29, 1.82) is 0 Å². The molecule has 4 aromatic rings. The molecule has 0 fully saturated rings. The molecule has 0 saturated carbocycles. The van der Waals surface area contributed by atoms with E-state index >= 15 is 0 Å². The van der Waals surface area contributed by atoms with E-state index in [1.54, 1.807) is 18.2 Å². The molecule has 0 aliphatic heterocycles. The number of ether oxygens (including phenoxy) is 1. The summed E-state index contributed by atoms with van der Waals surface area (Å²) in [5.74, 6) is -0.0360. The van der Waals surface area contributed by atoms with Crippen molar-refractivity contribution >= 4 is 16.9 Å². The Balaban J connectivity index is 1.83. The lowest BCUT2D eigenvalue weighted by atomic mass is 10.0. The monoisotopic (exact) mass is 361 g/mol. The fourth-order valence-electron chi connectivity index (χ4n) is 3.14. The van der Waals surface area contributed by atoms with E-state index in [1.807, 2.05) is 42.5 Å². The van der Waals surface area contributed by atoms with Gasteiger partial charge in [0, 0.05) is 16.5 Å². The molecule has 4 nitrogen and oxygen atoms in total. The van der Waals surface area contributed by atoms with E-state index in [1.165, 1.54) is 12.1 Å². The van der Waals surface area contributed by atoms with E-state index < -0.39 is 5.97 Å². The second-order valence-electron chi connectivity index (χ2n) is 6.18. The van der Waals surface area contributed by atoms with Crippen LogP contribution >= 0.6 is 0 Å². The van der Waals surface area contributed by atoms with E-state index in [4.69, 9.17) is 4.74 Å². The third kappa shape index (κ3) is 3.53. The molecular formula is C22H16FNO3. The molecule has 0 aliphatic rings. The first-order chi connectivity index (χ1) is 13.1. The highest BCUT2D eigenvalue weighted by atomic mass is 19.1. The summed E-state index contributed by atoms with van der Waals surface area (Å²) in [5.41, 5.74) is 2.57. The quantitative estimate of drug-likeness (QED) is 0.501. The molecule has 5 heteroatoms. The molecule has 0 radical (unpaired) electrons. The summed E-state index contributed by atoms with van der Waals surface area (Å²) in [6.07, 6.45) is -0.180. The third-order valence-corrected chi connectivity index (χ3v) is 4.30. The summed E-state index contributed by atoms with van der Waals surface area (Å²) in [4.78, 5) is 14.6. The van der Waals surface area contributed by atoms with Gasteiger partial charge in [0.15, 0.2) is 0 Å². The second-order valence-corrected chi connectivity index (χ2v) is 6.18. The largest absolute Gasteiger partial charge is 0.481 e. The van der Waals surface area contributed by atoms with E-state index in [-0.39, 0.29) is 12.2 Å². The molecule has 0 bridgehead atoms. The van der Waals surface area contributed by atoms with Crippen LogP contribution in [0.1, 0.15) is 5.56 Å². The molecule has 1 aromatic heterocycles. The van der Waals surface area contributed by atoms with Gasteiger partial charge in [0.05, 0.1) is 12.1 Å². The van der Waals surface area contributed by atoms with E-state index in [2.05, 4.69) is 4.98 Å². The van der Waals surface area contributed by atoms with Crippen molar-refractivity contribution < 1.29 is 19.0 Å². The minimum absolute atomic E-state index is 0.180. The number of nitrogens with one attached hydrogen (secondary N) is 1. The summed E-state index contributed by atoms with van der Waals surface area (Å²) in [6.45, 7) is 0. The fraction of sp³-hybridized carbons (Fsp3) is 0.0455. The summed E-state index contributed by atoms with van der Waals surface area (Å²) in [6, 6.07) is 20.9.